The van der Waals surface area contributed by atoms with Crippen molar-refractivity contribution in [3.63, 3.8) is 0 Å². The van der Waals surface area contributed by atoms with Crippen molar-refractivity contribution in [3.8, 4) is 0 Å². The second-order valence-corrected chi connectivity index (χ2v) is 12.9. The van der Waals surface area contributed by atoms with E-state index in [1.54, 1.807) is 0 Å². The minimum absolute atomic E-state index is 0.369. The SMILES string of the molecule is CC(C)(C)[Si](C)(C)OC1[C@H]2CC[C@@H]1[C@@H]1CC[C@@H]12. The summed E-state index contributed by atoms with van der Waals surface area (Å²) in [6, 6.07) is 0. The molecule has 0 aliphatic heterocycles. The van der Waals surface area contributed by atoms with Crippen molar-refractivity contribution >= 4 is 8.32 Å². The molecule has 3 aliphatic rings. The zero-order chi connectivity index (χ0) is 12.4. The lowest BCUT2D eigenvalue weighted by molar-refractivity contribution is 0.103. The Morgan fingerprint density at radius 3 is 1.59 bits per heavy atom. The Kier molecular flexibility index (Phi) is 2.59. The molecule has 17 heavy (non-hydrogen) atoms. The second kappa shape index (κ2) is 3.60. The lowest BCUT2D eigenvalue weighted by atomic mass is 9.66. The molecule has 0 aromatic heterocycles. The molecule has 0 spiro atoms. The zero-order valence-corrected chi connectivity index (χ0v) is 13.1. The molecular formula is C15H28OSi. The fourth-order valence-corrected chi connectivity index (χ4v) is 5.64. The molecule has 3 rings (SSSR count). The van der Waals surface area contributed by atoms with E-state index in [1.807, 2.05) is 0 Å². The van der Waals surface area contributed by atoms with Gasteiger partial charge in [0.1, 0.15) is 0 Å². The quantitative estimate of drug-likeness (QED) is 0.660. The highest BCUT2D eigenvalue weighted by Crippen LogP contribution is 2.62. The van der Waals surface area contributed by atoms with Crippen LogP contribution in [0.5, 0.6) is 0 Å². The van der Waals surface area contributed by atoms with Gasteiger partial charge in [-0.25, -0.2) is 0 Å². The number of hydrogen-bond acceptors (Lipinski definition) is 1. The topological polar surface area (TPSA) is 9.23 Å². The van der Waals surface area contributed by atoms with Crippen molar-refractivity contribution in [2.75, 3.05) is 0 Å². The summed E-state index contributed by atoms with van der Waals surface area (Å²) in [6.45, 7) is 11.9. The Morgan fingerprint density at radius 1 is 0.824 bits per heavy atom. The predicted molar refractivity (Wildman–Crippen MR) is 74.5 cm³/mol. The second-order valence-electron chi connectivity index (χ2n) is 8.15. The summed E-state index contributed by atoms with van der Waals surface area (Å²) < 4.78 is 6.77. The number of hydrogen-bond donors (Lipinski definition) is 0. The molecule has 0 N–H and O–H groups in total. The van der Waals surface area contributed by atoms with Gasteiger partial charge in [0.25, 0.3) is 0 Å². The van der Waals surface area contributed by atoms with E-state index in [9.17, 15) is 0 Å². The van der Waals surface area contributed by atoms with Crippen molar-refractivity contribution < 1.29 is 4.43 Å². The van der Waals surface area contributed by atoms with E-state index in [1.165, 1.54) is 25.7 Å². The van der Waals surface area contributed by atoms with Gasteiger partial charge in [-0.1, -0.05) is 20.8 Å². The molecule has 0 aromatic carbocycles. The summed E-state index contributed by atoms with van der Waals surface area (Å²) in [5, 5.41) is 0.369. The van der Waals surface area contributed by atoms with Gasteiger partial charge in [-0.3, -0.25) is 0 Å². The van der Waals surface area contributed by atoms with Gasteiger partial charge in [0.15, 0.2) is 8.32 Å². The summed E-state index contributed by atoms with van der Waals surface area (Å²) in [4.78, 5) is 0. The maximum atomic E-state index is 6.77. The summed E-state index contributed by atoms with van der Waals surface area (Å²) >= 11 is 0. The van der Waals surface area contributed by atoms with Gasteiger partial charge < -0.3 is 4.43 Å². The van der Waals surface area contributed by atoms with Crippen LogP contribution in [0.2, 0.25) is 18.1 Å². The first kappa shape index (κ1) is 12.2. The van der Waals surface area contributed by atoms with Crippen LogP contribution in [0.3, 0.4) is 0 Å². The van der Waals surface area contributed by atoms with Crippen molar-refractivity contribution in [1.82, 2.24) is 0 Å². The number of fused-ring (bicyclic) bond motifs is 5. The molecule has 1 nitrogen and oxygen atoms in total. The molecule has 2 heteroatoms. The minimum atomic E-state index is -1.54. The molecule has 1 unspecified atom stereocenters. The van der Waals surface area contributed by atoms with Gasteiger partial charge in [-0.05, 0) is 67.5 Å². The van der Waals surface area contributed by atoms with Crippen molar-refractivity contribution in [3.05, 3.63) is 0 Å². The normalized spacial score (nSPS) is 44.6. The first-order chi connectivity index (χ1) is 7.81. The van der Waals surface area contributed by atoms with Gasteiger partial charge in [-0.15, -0.1) is 0 Å². The Labute approximate surface area is 107 Å². The average Bonchev–Trinajstić information content (AvgIpc) is 2.53. The van der Waals surface area contributed by atoms with Gasteiger partial charge in [0.05, 0.1) is 6.10 Å². The molecule has 3 fully saturated rings. The molecule has 3 aliphatic carbocycles. The molecule has 2 bridgehead atoms. The molecule has 3 saturated carbocycles. The van der Waals surface area contributed by atoms with Crippen LogP contribution in [0.1, 0.15) is 46.5 Å². The van der Waals surface area contributed by atoms with E-state index in [2.05, 4.69) is 33.9 Å². The van der Waals surface area contributed by atoms with Gasteiger partial charge in [0.2, 0.25) is 0 Å². The monoisotopic (exact) mass is 252 g/mol. The van der Waals surface area contributed by atoms with Crippen molar-refractivity contribution in [1.29, 1.82) is 0 Å². The van der Waals surface area contributed by atoms with Crippen LogP contribution >= 0.6 is 0 Å². The highest BCUT2D eigenvalue weighted by atomic mass is 28.4. The summed E-state index contributed by atoms with van der Waals surface area (Å²) in [6.07, 6.45) is 6.58. The molecule has 0 heterocycles. The van der Waals surface area contributed by atoms with Gasteiger partial charge in [0, 0.05) is 0 Å². The fourth-order valence-electron chi connectivity index (χ4n) is 4.25. The third-order valence-electron chi connectivity index (χ3n) is 6.40. The standard InChI is InChI=1S/C15H28OSi/c1-15(2,3)17(4,5)16-14-12-8-9-13(14)11-7-6-10(11)12/h10-14H,6-9H2,1-5H3/t10-,11+,12-,13+,14?. The minimum Gasteiger partial charge on any atom is -0.413 e. The fraction of sp³-hybridized carbons (Fsp3) is 1.00. The predicted octanol–water partition coefficient (Wildman–Crippen LogP) is 4.44. The Hall–Kier alpha value is 0.177. The van der Waals surface area contributed by atoms with Crippen LogP contribution in [0.15, 0.2) is 0 Å². The maximum Gasteiger partial charge on any atom is 0.192 e. The summed E-state index contributed by atoms with van der Waals surface area (Å²) in [7, 11) is -1.54. The highest BCUT2D eigenvalue weighted by molar-refractivity contribution is 6.74. The van der Waals surface area contributed by atoms with Crippen LogP contribution in [-0.2, 0) is 4.43 Å². The first-order valence-corrected chi connectivity index (χ1v) is 10.4. The third kappa shape index (κ3) is 1.67. The highest BCUT2D eigenvalue weighted by Gasteiger charge is 2.59. The lowest BCUT2D eigenvalue weighted by Gasteiger charge is -2.39. The van der Waals surface area contributed by atoms with Gasteiger partial charge in [-0.2, -0.15) is 0 Å². The van der Waals surface area contributed by atoms with Gasteiger partial charge >= 0.3 is 0 Å². The van der Waals surface area contributed by atoms with E-state index in [4.69, 9.17) is 4.43 Å². The Bertz CT molecular complexity index is 299. The van der Waals surface area contributed by atoms with E-state index < -0.39 is 8.32 Å². The molecule has 0 radical (unpaired) electrons. The van der Waals surface area contributed by atoms with Crippen LogP contribution in [0, 0.1) is 23.7 Å². The van der Waals surface area contributed by atoms with Crippen LogP contribution in [0.4, 0.5) is 0 Å². The van der Waals surface area contributed by atoms with E-state index in [0.29, 0.717) is 11.1 Å². The molecule has 0 amide bonds. The maximum absolute atomic E-state index is 6.77. The lowest BCUT2D eigenvalue weighted by Crippen LogP contribution is -2.45. The Morgan fingerprint density at radius 2 is 1.24 bits per heavy atom. The van der Waals surface area contributed by atoms with Crippen LogP contribution < -0.4 is 0 Å². The molecule has 98 valence electrons. The zero-order valence-electron chi connectivity index (χ0n) is 12.1. The largest absolute Gasteiger partial charge is 0.413 e. The summed E-state index contributed by atoms with van der Waals surface area (Å²) in [5.41, 5.74) is 0. The van der Waals surface area contributed by atoms with E-state index in [-0.39, 0.29) is 0 Å². The molecular weight excluding hydrogens is 224 g/mol. The van der Waals surface area contributed by atoms with E-state index >= 15 is 0 Å². The van der Waals surface area contributed by atoms with E-state index in [0.717, 1.165) is 23.7 Å². The number of rotatable bonds is 2. The average molecular weight is 252 g/mol. The van der Waals surface area contributed by atoms with Crippen LogP contribution in [0.25, 0.3) is 0 Å². The molecule has 0 aromatic rings. The van der Waals surface area contributed by atoms with Crippen molar-refractivity contribution in [2.45, 2.75) is 70.7 Å². The Balaban J connectivity index is 1.75. The summed E-state index contributed by atoms with van der Waals surface area (Å²) in [5.74, 6) is 3.99. The first-order valence-electron chi connectivity index (χ1n) is 7.49. The smallest absolute Gasteiger partial charge is 0.192 e. The molecule has 0 saturated heterocycles. The molecule has 5 atom stereocenters. The third-order valence-corrected chi connectivity index (χ3v) is 10.9. The van der Waals surface area contributed by atoms with Crippen LogP contribution in [-0.4, -0.2) is 14.4 Å². The van der Waals surface area contributed by atoms with Crippen molar-refractivity contribution in [2.24, 2.45) is 23.7 Å².